The molecule has 1 aliphatic carbocycles. The number of halogens is 1. The zero-order valence-electron chi connectivity index (χ0n) is 24.3. The maximum atomic E-state index is 15.2. The van der Waals surface area contributed by atoms with Crippen molar-refractivity contribution in [3.8, 4) is 0 Å². The second-order valence-corrected chi connectivity index (χ2v) is 13.0. The lowest BCUT2D eigenvalue weighted by Crippen LogP contribution is -2.52. The predicted octanol–water partition coefficient (Wildman–Crippen LogP) is 3.04. The molecule has 0 radical (unpaired) electrons. The van der Waals surface area contributed by atoms with Crippen molar-refractivity contribution in [2.75, 3.05) is 44.2 Å². The van der Waals surface area contributed by atoms with Gasteiger partial charge in [0.1, 0.15) is 11.9 Å². The summed E-state index contributed by atoms with van der Waals surface area (Å²) >= 11 is 0. The average Bonchev–Trinajstić information content (AvgIpc) is 3.22. The van der Waals surface area contributed by atoms with Gasteiger partial charge in [0, 0.05) is 56.8 Å². The highest BCUT2D eigenvalue weighted by Gasteiger charge is 2.40. The highest BCUT2D eigenvalue weighted by atomic mass is 19.1. The number of anilines is 1. The molecule has 41 heavy (non-hydrogen) atoms. The molecule has 2 saturated heterocycles. The third-order valence-electron chi connectivity index (χ3n) is 8.71. The Bertz CT molecular complexity index is 1180. The second-order valence-electron chi connectivity index (χ2n) is 13.0. The number of carbonyl (C=O) groups is 4. The van der Waals surface area contributed by atoms with E-state index in [-0.39, 0.29) is 42.8 Å². The molecule has 2 N–H and O–H groups in total. The molecular weight excluding hydrogens is 529 g/mol. The fourth-order valence-electron chi connectivity index (χ4n) is 6.47. The van der Waals surface area contributed by atoms with Crippen molar-refractivity contribution in [2.45, 2.75) is 77.4 Å². The van der Waals surface area contributed by atoms with Crippen LogP contribution in [0.1, 0.15) is 75.2 Å². The SMILES string of the molecule is CC(C)(C)NC(=O)OCC1CCC(CN2CCN(c3cc4c(cc3F)C(=O)N(C3CCC(=O)NC3=O)C4)CC2)CC1. The molecule has 3 heterocycles. The summed E-state index contributed by atoms with van der Waals surface area (Å²) in [6, 6.07) is 2.35. The Balaban J connectivity index is 1.08. The highest BCUT2D eigenvalue weighted by Crippen LogP contribution is 2.34. The first-order chi connectivity index (χ1) is 19.5. The van der Waals surface area contributed by atoms with E-state index in [0.29, 0.717) is 42.8 Å². The van der Waals surface area contributed by atoms with Crippen LogP contribution >= 0.6 is 0 Å². The van der Waals surface area contributed by atoms with E-state index < -0.39 is 17.8 Å². The molecule has 1 atom stereocenters. The van der Waals surface area contributed by atoms with E-state index in [4.69, 9.17) is 4.74 Å². The molecular formula is C30H42FN5O5. The number of nitrogens with one attached hydrogen (secondary N) is 2. The summed E-state index contributed by atoms with van der Waals surface area (Å²) in [6.45, 7) is 10.6. The Morgan fingerprint density at radius 3 is 2.37 bits per heavy atom. The van der Waals surface area contributed by atoms with Gasteiger partial charge in [-0.05, 0) is 82.4 Å². The van der Waals surface area contributed by atoms with E-state index in [0.717, 1.165) is 50.9 Å². The molecule has 1 aromatic rings. The Morgan fingerprint density at radius 1 is 1.02 bits per heavy atom. The van der Waals surface area contributed by atoms with Crippen LogP contribution in [0.5, 0.6) is 0 Å². The van der Waals surface area contributed by atoms with Gasteiger partial charge in [-0.15, -0.1) is 0 Å². The highest BCUT2D eigenvalue weighted by molar-refractivity contribution is 6.05. The predicted molar refractivity (Wildman–Crippen MR) is 151 cm³/mol. The molecule has 1 aromatic carbocycles. The van der Waals surface area contributed by atoms with E-state index in [9.17, 15) is 19.2 Å². The van der Waals surface area contributed by atoms with Gasteiger partial charge in [-0.25, -0.2) is 9.18 Å². The number of alkyl carbamates (subject to hydrolysis) is 1. The summed E-state index contributed by atoms with van der Waals surface area (Å²) in [6.07, 6.45) is 4.47. The van der Waals surface area contributed by atoms with Gasteiger partial charge >= 0.3 is 6.09 Å². The van der Waals surface area contributed by atoms with Crippen molar-refractivity contribution in [1.82, 2.24) is 20.4 Å². The van der Waals surface area contributed by atoms with Crippen molar-refractivity contribution in [3.63, 3.8) is 0 Å². The third-order valence-corrected chi connectivity index (χ3v) is 8.71. The van der Waals surface area contributed by atoms with Crippen molar-refractivity contribution < 1.29 is 28.3 Å². The van der Waals surface area contributed by atoms with Crippen molar-refractivity contribution in [1.29, 1.82) is 0 Å². The standard InChI is InChI=1S/C30H42FN5O5/c1-30(2,3)33-29(40)41-18-20-6-4-19(5-7-20)16-34-10-12-35(13-11-34)25-14-21-17-36(28(39)22(21)15-23(25)31)24-8-9-26(37)32-27(24)38/h14-15,19-20,24H,4-13,16-18H2,1-3H3,(H,33,40)(H,32,37,38). The van der Waals surface area contributed by atoms with Crippen LogP contribution in [0.15, 0.2) is 12.1 Å². The largest absolute Gasteiger partial charge is 0.449 e. The number of hydrogen-bond donors (Lipinski definition) is 2. The molecule has 3 fully saturated rings. The normalized spacial score (nSPS) is 25.7. The number of hydrogen-bond acceptors (Lipinski definition) is 7. The molecule has 0 bridgehead atoms. The van der Waals surface area contributed by atoms with E-state index in [1.807, 2.05) is 25.7 Å². The zero-order chi connectivity index (χ0) is 29.3. The number of piperazine rings is 1. The van der Waals surface area contributed by atoms with E-state index >= 15 is 4.39 Å². The number of amides is 4. The fourth-order valence-corrected chi connectivity index (χ4v) is 6.47. The summed E-state index contributed by atoms with van der Waals surface area (Å²) in [5.41, 5.74) is 1.21. The van der Waals surface area contributed by atoms with E-state index in [1.165, 1.54) is 11.0 Å². The number of benzene rings is 1. The number of rotatable bonds is 6. The van der Waals surface area contributed by atoms with Crippen LogP contribution in [0, 0.1) is 17.7 Å². The lowest BCUT2D eigenvalue weighted by atomic mass is 9.82. The maximum absolute atomic E-state index is 15.2. The van der Waals surface area contributed by atoms with Crippen LogP contribution in [0.3, 0.4) is 0 Å². The average molecular weight is 572 g/mol. The zero-order valence-corrected chi connectivity index (χ0v) is 24.3. The summed E-state index contributed by atoms with van der Waals surface area (Å²) in [5, 5.41) is 5.14. The number of carbonyl (C=O) groups excluding carboxylic acids is 4. The number of ether oxygens (including phenoxy) is 1. The first-order valence-corrected chi connectivity index (χ1v) is 14.9. The molecule has 4 amide bonds. The maximum Gasteiger partial charge on any atom is 0.407 e. The Hall–Kier alpha value is -3.21. The number of fused-ring (bicyclic) bond motifs is 1. The quantitative estimate of drug-likeness (QED) is 0.505. The number of nitrogens with zero attached hydrogens (tertiary/aromatic N) is 3. The molecule has 1 unspecified atom stereocenters. The summed E-state index contributed by atoms with van der Waals surface area (Å²) in [5.74, 6) is -0.560. The summed E-state index contributed by atoms with van der Waals surface area (Å²) < 4.78 is 20.7. The van der Waals surface area contributed by atoms with Gasteiger partial charge in [0.15, 0.2) is 0 Å². The minimum absolute atomic E-state index is 0.187. The van der Waals surface area contributed by atoms with Crippen LogP contribution in [-0.2, 0) is 20.9 Å². The lowest BCUT2D eigenvalue weighted by molar-refractivity contribution is -0.136. The minimum atomic E-state index is -0.710. The molecule has 224 valence electrons. The minimum Gasteiger partial charge on any atom is -0.449 e. The fraction of sp³-hybridized carbons (Fsp3) is 0.667. The van der Waals surface area contributed by atoms with Crippen LogP contribution < -0.4 is 15.5 Å². The third kappa shape index (κ3) is 6.99. The van der Waals surface area contributed by atoms with Crippen molar-refractivity contribution in [3.05, 3.63) is 29.1 Å². The van der Waals surface area contributed by atoms with Gasteiger partial charge in [0.2, 0.25) is 11.8 Å². The van der Waals surface area contributed by atoms with Crippen LogP contribution in [0.2, 0.25) is 0 Å². The molecule has 10 nitrogen and oxygen atoms in total. The molecule has 0 aromatic heterocycles. The van der Waals surface area contributed by atoms with Gasteiger partial charge in [0.05, 0.1) is 12.3 Å². The van der Waals surface area contributed by atoms with Gasteiger partial charge < -0.3 is 19.9 Å². The van der Waals surface area contributed by atoms with Crippen molar-refractivity contribution in [2.24, 2.45) is 11.8 Å². The lowest BCUT2D eigenvalue weighted by Gasteiger charge is -2.39. The topological polar surface area (TPSA) is 111 Å². The first-order valence-electron chi connectivity index (χ1n) is 14.9. The van der Waals surface area contributed by atoms with Gasteiger partial charge in [-0.3, -0.25) is 24.6 Å². The molecule has 1 saturated carbocycles. The number of imide groups is 1. The van der Waals surface area contributed by atoms with E-state index in [1.54, 1.807) is 6.07 Å². The Labute approximate surface area is 240 Å². The Morgan fingerprint density at radius 2 is 1.71 bits per heavy atom. The van der Waals surface area contributed by atoms with Crippen LogP contribution in [0.25, 0.3) is 0 Å². The first kappa shape index (κ1) is 29.3. The summed E-state index contributed by atoms with van der Waals surface area (Å²) in [7, 11) is 0. The molecule has 4 aliphatic rings. The second kappa shape index (κ2) is 12.0. The smallest absolute Gasteiger partial charge is 0.407 e. The van der Waals surface area contributed by atoms with Crippen LogP contribution in [-0.4, -0.2) is 84.5 Å². The van der Waals surface area contributed by atoms with Crippen LogP contribution in [0.4, 0.5) is 14.9 Å². The summed E-state index contributed by atoms with van der Waals surface area (Å²) in [4.78, 5) is 54.7. The van der Waals surface area contributed by atoms with Gasteiger partial charge in [-0.2, -0.15) is 0 Å². The molecule has 0 spiro atoms. The monoisotopic (exact) mass is 571 g/mol. The van der Waals surface area contributed by atoms with Gasteiger partial charge in [0.25, 0.3) is 5.91 Å². The van der Waals surface area contributed by atoms with Gasteiger partial charge in [-0.1, -0.05) is 0 Å². The van der Waals surface area contributed by atoms with E-state index in [2.05, 4.69) is 15.5 Å². The Kier molecular flexibility index (Phi) is 8.54. The molecule has 3 aliphatic heterocycles. The molecule has 11 heteroatoms. The molecule has 5 rings (SSSR count). The number of piperidine rings is 1. The van der Waals surface area contributed by atoms with Crippen molar-refractivity contribution >= 4 is 29.5 Å².